The van der Waals surface area contributed by atoms with Crippen LogP contribution in [0.1, 0.15) is 29.2 Å². The van der Waals surface area contributed by atoms with Gasteiger partial charge in [-0.05, 0) is 6.92 Å². The van der Waals surface area contributed by atoms with Crippen molar-refractivity contribution in [2.24, 2.45) is 0 Å². The summed E-state index contributed by atoms with van der Waals surface area (Å²) in [7, 11) is 0. The quantitative estimate of drug-likeness (QED) is 0.819. The molecule has 0 saturated heterocycles. The van der Waals surface area contributed by atoms with E-state index in [-0.39, 0.29) is 5.91 Å². The molecule has 1 amide bonds. The lowest BCUT2D eigenvalue weighted by molar-refractivity contribution is -0.120. The second-order valence-electron chi connectivity index (χ2n) is 4.30. The molecule has 20 heavy (non-hydrogen) atoms. The largest absolute Gasteiger partial charge is 0.375 e. The molecular weight excluding hydrogens is 278 g/mol. The normalized spacial score (nSPS) is 10.7. The fraction of sp³-hybridized carbons (Fsp3) is 0.500. The van der Waals surface area contributed by atoms with E-state index in [0.717, 1.165) is 17.0 Å². The molecule has 2 aromatic heterocycles. The van der Waals surface area contributed by atoms with Crippen LogP contribution in [0.15, 0.2) is 4.52 Å². The molecule has 2 aromatic rings. The van der Waals surface area contributed by atoms with Gasteiger partial charge in [-0.15, -0.1) is 11.3 Å². The van der Waals surface area contributed by atoms with E-state index < -0.39 is 0 Å². The van der Waals surface area contributed by atoms with Gasteiger partial charge >= 0.3 is 0 Å². The van der Waals surface area contributed by atoms with E-state index in [0.29, 0.717) is 36.2 Å². The van der Waals surface area contributed by atoms with E-state index in [1.165, 1.54) is 11.3 Å². The molecule has 3 N–H and O–H groups in total. The minimum absolute atomic E-state index is 0.0630. The first-order valence-electron chi connectivity index (χ1n) is 6.38. The monoisotopic (exact) mass is 295 g/mol. The lowest BCUT2D eigenvalue weighted by atomic mass is 10.3. The Morgan fingerprint density at radius 1 is 1.45 bits per heavy atom. The fourth-order valence-corrected chi connectivity index (χ4v) is 2.50. The molecule has 7 nitrogen and oxygen atoms in total. The average molecular weight is 295 g/mol. The SMILES string of the molecule is CCc1noc(CCNC(=O)Cc2sc(N)nc2C)n1. The summed E-state index contributed by atoms with van der Waals surface area (Å²) in [5, 5.41) is 7.10. The van der Waals surface area contributed by atoms with Crippen molar-refractivity contribution in [3.8, 4) is 0 Å². The summed E-state index contributed by atoms with van der Waals surface area (Å²) in [5.41, 5.74) is 6.41. The van der Waals surface area contributed by atoms with Gasteiger partial charge in [0.25, 0.3) is 0 Å². The van der Waals surface area contributed by atoms with Gasteiger partial charge in [-0.25, -0.2) is 4.98 Å². The van der Waals surface area contributed by atoms with Gasteiger partial charge in [0.15, 0.2) is 11.0 Å². The predicted molar refractivity (Wildman–Crippen MR) is 75.4 cm³/mol. The molecule has 0 aromatic carbocycles. The molecular formula is C12H17N5O2S. The molecule has 0 saturated carbocycles. The smallest absolute Gasteiger partial charge is 0.228 e. The Kier molecular flexibility index (Phi) is 4.67. The van der Waals surface area contributed by atoms with Crippen LogP contribution in [0.2, 0.25) is 0 Å². The van der Waals surface area contributed by atoms with Gasteiger partial charge in [0, 0.05) is 24.3 Å². The molecule has 108 valence electrons. The van der Waals surface area contributed by atoms with Crippen LogP contribution in [0.5, 0.6) is 0 Å². The predicted octanol–water partition coefficient (Wildman–Crippen LogP) is 0.881. The summed E-state index contributed by atoms with van der Waals surface area (Å²) in [6.45, 7) is 4.28. The maximum absolute atomic E-state index is 11.8. The van der Waals surface area contributed by atoms with Crippen LogP contribution in [0.4, 0.5) is 5.13 Å². The zero-order chi connectivity index (χ0) is 14.5. The Morgan fingerprint density at radius 2 is 2.25 bits per heavy atom. The van der Waals surface area contributed by atoms with Crippen molar-refractivity contribution in [3.63, 3.8) is 0 Å². The first-order valence-corrected chi connectivity index (χ1v) is 7.20. The molecule has 0 atom stereocenters. The molecule has 0 unspecified atom stereocenters. The zero-order valence-corrected chi connectivity index (χ0v) is 12.3. The van der Waals surface area contributed by atoms with Crippen molar-refractivity contribution in [1.82, 2.24) is 20.4 Å². The molecule has 2 heterocycles. The van der Waals surface area contributed by atoms with Crippen molar-refractivity contribution in [3.05, 3.63) is 22.3 Å². The Balaban J connectivity index is 1.76. The summed E-state index contributed by atoms with van der Waals surface area (Å²) >= 11 is 1.34. The maximum atomic E-state index is 11.8. The molecule has 0 spiro atoms. The third kappa shape index (κ3) is 3.77. The third-order valence-corrected chi connectivity index (χ3v) is 3.70. The van der Waals surface area contributed by atoms with Crippen molar-refractivity contribution < 1.29 is 9.32 Å². The number of nitrogen functional groups attached to an aromatic ring is 1. The highest BCUT2D eigenvalue weighted by atomic mass is 32.1. The van der Waals surface area contributed by atoms with Gasteiger partial charge in [-0.1, -0.05) is 12.1 Å². The number of rotatable bonds is 6. The number of aryl methyl sites for hydroxylation is 2. The molecule has 0 aliphatic heterocycles. The number of nitrogens with one attached hydrogen (secondary N) is 1. The molecule has 2 rings (SSSR count). The highest BCUT2D eigenvalue weighted by Crippen LogP contribution is 2.19. The summed E-state index contributed by atoms with van der Waals surface area (Å²) in [6.07, 6.45) is 1.56. The number of anilines is 1. The van der Waals surface area contributed by atoms with Gasteiger partial charge in [-0.2, -0.15) is 4.98 Å². The zero-order valence-electron chi connectivity index (χ0n) is 11.5. The number of nitrogens with zero attached hydrogens (tertiary/aromatic N) is 3. The minimum Gasteiger partial charge on any atom is -0.375 e. The fourth-order valence-electron chi connectivity index (χ4n) is 1.67. The molecule has 0 aliphatic carbocycles. The average Bonchev–Trinajstić information content (AvgIpc) is 2.97. The van der Waals surface area contributed by atoms with Crippen molar-refractivity contribution in [2.75, 3.05) is 12.3 Å². The standard InChI is InChI=1S/C12H17N5O2S/c1-3-9-16-11(19-17-9)4-5-14-10(18)6-8-7(2)15-12(13)20-8/h3-6H2,1-2H3,(H2,13,15)(H,14,18). The number of thiazole rings is 1. The van der Waals surface area contributed by atoms with Gasteiger partial charge < -0.3 is 15.6 Å². The second-order valence-corrected chi connectivity index (χ2v) is 5.41. The van der Waals surface area contributed by atoms with E-state index in [9.17, 15) is 4.79 Å². The molecule has 0 fully saturated rings. The molecule has 8 heteroatoms. The summed E-state index contributed by atoms with van der Waals surface area (Å²) in [6, 6.07) is 0. The van der Waals surface area contributed by atoms with Crippen molar-refractivity contribution in [1.29, 1.82) is 0 Å². The number of nitrogens with two attached hydrogens (primary N) is 1. The highest BCUT2D eigenvalue weighted by molar-refractivity contribution is 7.15. The van der Waals surface area contributed by atoms with Crippen LogP contribution in [0.3, 0.4) is 0 Å². The lowest BCUT2D eigenvalue weighted by Crippen LogP contribution is -2.27. The highest BCUT2D eigenvalue weighted by Gasteiger charge is 2.11. The second kappa shape index (κ2) is 6.47. The summed E-state index contributed by atoms with van der Waals surface area (Å²) in [5.74, 6) is 1.16. The van der Waals surface area contributed by atoms with Crippen LogP contribution in [-0.4, -0.2) is 27.6 Å². The summed E-state index contributed by atoms with van der Waals surface area (Å²) in [4.78, 5) is 20.9. The number of hydrogen-bond acceptors (Lipinski definition) is 7. The van der Waals surface area contributed by atoms with Crippen molar-refractivity contribution >= 4 is 22.4 Å². The molecule has 0 radical (unpaired) electrons. The molecule has 0 aliphatic rings. The van der Waals surface area contributed by atoms with Crippen LogP contribution in [0, 0.1) is 6.92 Å². The number of amides is 1. The van der Waals surface area contributed by atoms with E-state index in [2.05, 4.69) is 20.4 Å². The van der Waals surface area contributed by atoms with E-state index >= 15 is 0 Å². The van der Waals surface area contributed by atoms with E-state index in [1.54, 1.807) is 0 Å². The van der Waals surface area contributed by atoms with Crippen LogP contribution in [0.25, 0.3) is 0 Å². The lowest BCUT2D eigenvalue weighted by Gasteiger charge is -2.02. The van der Waals surface area contributed by atoms with Crippen LogP contribution < -0.4 is 11.1 Å². The topological polar surface area (TPSA) is 107 Å². The van der Waals surface area contributed by atoms with Gasteiger partial charge in [0.05, 0.1) is 12.1 Å². The number of aromatic nitrogens is 3. The minimum atomic E-state index is -0.0630. The van der Waals surface area contributed by atoms with Gasteiger partial charge in [0.1, 0.15) is 0 Å². The van der Waals surface area contributed by atoms with Gasteiger partial charge in [0.2, 0.25) is 11.8 Å². The number of carbonyl (C=O) groups excluding carboxylic acids is 1. The van der Waals surface area contributed by atoms with Crippen LogP contribution >= 0.6 is 11.3 Å². The van der Waals surface area contributed by atoms with Crippen LogP contribution in [-0.2, 0) is 24.1 Å². The van der Waals surface area contributed by atoms with Crippen molar-refractivity contribution in [2.45, 2.75) is 33.1 Å². The number of carbonyl (C=O) groups is 1. The summed E-state index contributed by atoms with van der Waals surface area (Å²) < 4.78 is 5.04. The first kappa shape index (κ1) is 14.4. The van der Waals surface area contributed by atoms with E-state index in [4.69, 9.17) is 10.3 Å². The first-order chi connectivity index (χ1) is 9.58. The Morgan fingerprint density at radius 3 is 2.85 bits per heavy atom. The number of hydrogen-bond donors (Lipinski definition) is 2. The van der Waals surface area contributed by atoms with E-state index in [1.807, 2.05) is 13.8 Å². The molecule has 0 bridgehead atoms. The maximum Gasteiger partial charge on any atom is 0.228 e. The Hall–Kier alpha value is -1.96. The Bertz CT molecular complexity index is 592. The third-order valence-electron chi connectivity index (χ3n) is 2.72. The van der Waals surface area contributed by atoms with Gasteiger partial charge in [-0.3, -0.25) is 4.79 Å². The Labute approximate surface area is 120 Å².